The number of carboxylic acids is 1. The molecule has 1 heterocycles. The fraction of sp³-hybridized carbons (Fsp3) is 0.167. The number of benzene rings is 1. The molecule has 1 aromatic carbocycles. The van der Waals surface area contributed by atoms with Gasteiger partial charge < -0.3 is 5.11 Å². The maximum Gasteiger partial charge on any atom is 0.305 e. The van der Waals surface area contributed by atoms with E-state index in [9.17, 15) is 9.59 Å². The molecule has 0 saturated heterocycles. The minimum atomic E-state index is -1.04. The van der Waals surface area contributed by atoms with E-state index in [1.807, 2.05) is 0 Å². The van der Waals surface area contributed by atoms with Gasteiger partial charge >= 0.3 is 5.97 Å². The van der Waals surface area contributed by atoms with Crippen LogP contribution in [0.15, 0.2) is 34.4 Å². The largest absolute Gasteiger partial charge is 0.481 e. The second kappa shape index (κ2) is 6.53. The summed E-state index contributed by atoms with van der Waals surface area (Å²) in [6.07, 6.45) is 1.30. The highest BCUT2D eigenvalue weighted by atomic mass is 35.5. The van der Waals surface area contributed by atoms with Crippen LogP contribution in [0.3, 0.4) is 0 Å². The number of thioether (sulfide) groups is 1. The van der Waals surface area contributed by atoms with Gasteiger partial charge in [-0.15, -0.1) is 5.10 Å². The van der Waals surface area contributed by atoms with E-state index in [0.29, 0.717) is 10.2 Å². The fourth-order valence-corrected chi connectivity index (χ4v) is 2.39. The Morgan fingerprint density at radius 1 is 1.50 bits per heavy atom. The zero-order valence-electron chi connectivity index (χ0n) is 10.1. The topological polar surface area (TPSA) is 91.1 Å². The number of rotatable bonds is 3. The molecular formula is C12H10ClN3O3S. The number of nitrogens with one attached hydrogen (secondary N) is 1. The highest BCUT2D eigenvalue weighted by Gasteiger charge is 2.27. The number of hydrazone groups is 1. The van der Waals surface area contributed by atoms with E-state index in [0.717, 1.165) is 17.3 Å². The molecule has 0 saturated carbocycles. The van der Waals surface area contributed by atoms with Crippen LogP contribution < -0.4 is 5.43 Å². The van der Waals surface area contributed by atoms with Gasteiger partial charge in [0, 0.05) is 11.2 Å². The third-order valence-corrected chi connectivity index (χ3v) is 3.68. The van der Waals surface area contributed by atoms with Gasteiger partial charge in [0.25, 0.3) is 5.91 Å². The van der Waals surface area contributed by atoms with E-state index in [-0.39, 0.29) is 6.42 Å². The molecule has 8 heteroatoms. The van der Waals surface area contributed by atoms with Crippen LogP contribution >= 0.6 is 23.4 Å². The Labute approximate surface area is 123 Å². The molecule has 0 aliphatic carbocycles. The van der Waals surface area contributed by atoms with Crippen LogP contribution in [0.25, 0.3) is 0 Å². The first-order valence-corrected chi connectivity index (χ1v) is 6.86. The lowest BCUT2D eigenvalue weighted by Gasteiger charge is -2.16. The van der Waals surface area contributed by atoms with Crippen LogP contribution in [0.4, 0.5) is 0 Å². The molecule has 0 fully saturated rings. The zero-order valence-corrected chi connectivity index (χ0v) is 11.7. The number of hydrogen-bond acceptors (Lipinski definition) is 5. The van der Waals surface area contributed by atoms with Crippen LogP contribution in [0.1, 0.15) is 12.0 Å². The first-order chi connectivity index (χ1) is 9.54. The first kappa shape index (κ1) is 14.5. The fourth-order valence-electron chi connectivity index (χ4n) is 1.41. The summed E-state index contributed by atoms with van der Waals surface area (Å²) in [5.41, 5.74) is 3.09. The quantitative estimate of drug-likeness (QED) is 0.832. The van der Waals surface area contributed by atoms with E-state index in [1.54, 1.807) is 30.5 Å². The van der Waals surface area contributed by atoms with Crippen molar-refractivity contribution in [3.05, 3.63) is 34.9 Å². The second-order valence-corrected chi connectivity index (χ2v) is 5.49. The lowest BCUT2D eigenvalue weighted by Crippen LogP contribution is -2.35. The van der Waals surface area contributed by atoms with Gasteiger partial charge in [-0.2, -0.15) is 0 Å². The number of nitrogens with zero attached hydrogens (tertiary/aromatic N) is 2. The number of amides is 1. The number of hydrogen-bond donors (Lipinski definition) is 2. The van der Waals surface area contributed by atoms with Crippen molar-refractivity contribution in [2.45, 2.75) is 11.7 Å². The normalized spacial score (nSPS) is 18.8. The Morgan fingerprint density at radius 3 is 2.85 bits per heavy atom. The monoisotopic (exact) mass is 311 g/mol. The minimum Gasteiger partial charge on any atom is -0.481 e. The first-order valence-electron chi connectivity index (χ1n) is 5.60. The minimum absolute atomic E-state index is 0.272. The Bertz CT molecular complexity index is 586. The highest BCUT2D eigenvalue weighted by molar-refractivity contribution is 8.15. The van der Waals surface area contributed by atoms with Crippen LogP contribution in [-0.4, -0.2) is 33.6 Å². The van der Waals surface area contributed by atoms with Crippen LogP contribution in [0.5, 0.6) is 0 Å². The standard InChI is InChI=1S/C12H10ClN3O3S/c13-8-3-1-7(2-4-8)6-14-12-16-15-11(19)9(20-12)5-10(17)18/h1-4,6,9H,5H2,(H,15,19)(H,17,18)/t9-/m1/s1. The SMILES string of the molecule is O=C(O)C[C@H]1SC(N=Cc2ccc(Cl)cc2)=NNC1=O. The zero-order chi connectivity index (χ0) is 14.5. The number of carbonyl (C=O) groups excluding carboxylic acids is 1. The third kappa shape index (κ3) is 4.07. The van der Waals surface area contributed by atoms with Gasteiger partial charge in [0.1, 0.15) is 5.25 Å². The highest BCUT2D eigenvalue weighted by Crippen LogP contribution is 2.21. The number of aliphatic carboxylic acids is 1. The molecule has 1 aromatic rings. The molecule has 2 rings (SSSR count). The molecule has 20 heavy (non-hydrogen) atoms. The maximum atomic E-state index is 11.4. The molecule has 0 unspecified atom stereocenters. The predicted molar refractivity (Wildman–Crippen MR) is 78.3 cm³/mol. The summed E-state index contributed by atoms with van der Waals surface area (Å²) in [6, 6.07) is 7.03. The molecule has 6 nitrogen and oxygen atoms in total. The molecule has 0 radical (unpaired) electrons. The summed E-state index contributed by atoms with van der Waals surface area (Å²) in [5, 5.41) is 12.7. The van der Waals surface area contributed by atoms with Gasteiger partial charge in [-0.3, -0.25) is 9.59 Å². The van der Waals surface area contributed by atoms with Gasteiger partial charge in [-0.1, -0.05) is 35.5 Å². The number of carbonyl (C=O) groups is 2. The molecule has 0 bridgehead atoms. The van der Waals surface area contributed by atoms with Gasteiger partial charge in [0.15, 0.2) is 0 Å². The Kier molecular flexibility index (Phi) is 4.75. The number of aliphatic imine (C=N–C) groups is 1. The third-order valence-electron chi connectivity index (χ3n) is 2.36. The number of carboxylic acid groups (broad SMARTS) is 1. The summed E-state index contributed by atoms with van der Waals surface area (Å²) < 4.78 is 0. The molecule has 0 spiro atoms. The summed E-state index contributed by atoms with van der Waals surface area (Å²) in [6.45, 7) is 0. The van der Waals surface area contributed by atoms with Crippen molar-refractivity contribution in [2.75, 3.05) is 0 Å². The van der Waals surface area contributed by atoms with Crippen LogP contribution in [-0.2, 0) is 9.59 Å². The summed E-state index contributed by atoms with van der Waals surface area (Å²) in [5.74, 6) is -1.47. The number of amidine groups is 1. The van der Waals surface area contributed by atoms with Crippen molar-refractivity contribution in [1.29, 1.82) is 0 Å². The van der Waals surface area contributed by atoms with Crippen molar-refractivity contribution in [3.63, 3.8) is 0 Å². The molecule has 0 aromatic heterocycles. The smallest absolute Gasteiger partial charge is 0.305 e. The molecule has 1 aliphatic heterocycles. The average Bonchev–Trinajstić information content (AvgIpc) is 2.41. The maximum absolute atomic E-state index is 11.4. The van der Waals surface area contributed by atoms with Gasteiger partial charge in [0.2, 0.25) is 5.17 Å². The lowest BCUT2D eigenvalue weighted by atomic mass is 10.2. The van der Waals surface area contributed by atoms with Crippen molar-refractivity contribution in [3.8, 4) is 0 Å². The van der Waals surface area contributed by atoms with Crippen molar-refractivity contribution >= 4 is 46.6 Å². The molecular weight excluding hydrogens is 302 g/mol. The summed E-state index contributed by atoms with van der Waals surface area (Å²) in [7, 11) is 0. The van der Waals surface area contributed by atoms with Crippen LogP contribution in [0.2, 0.25) is 5.02 Å². The van der Waals surface area contributed by atoms with E-state index in [2.05, 4.69) is 15.5 Å². The van der Waals surface area contributed by atoms with Gasteiger partial charge in [-0.25, -0.2) is 10.4 Å². The molecule has 1 aliphatic rings. The van der Waals surface area contributed by atoms with Crippen molar-refractivity contribution < 1.29 is 14.7 Å². The number of halogens is 1. The molecule has 1 atom stereocenters. The Morgan fingerprint density at radius 2 is 2.20 bits per heavy atom. The van der Waals surface area contributed by atoms with Gasteiger partial charge in [-0.05, 0) is 17.7 Å². The molecule has 1 amide bonds. The summed E-state index contributed by atoms with van der Waals surface area (Å²) >= 11 is 6.79. The predicted octanol–water partition coefficient (Wildman–Crippen LogP) is 1.74. The second-order valence-electron chi connectivity index (χ2n) is 3.88. The summed E-state index contributed by atoms with van der Waals surface area (Å²) in [4.78, 5) is 26.2. The lowest BCUT2D eigenvalue weighted by molar-refractivity contribution is -0.138. The Balaban J connectivity index is 2.04. The van der Waals surface area contributed by atoms with E-state index < -0.39 is 17.1 Å². The van der Waals surface area contributed by atoms with Crippen molar-refractivity contribution in [1.82, 2.24) is 5.43 Å². The average molecular weight is 312 g/mol. The Hall–Kier alpha value is -1.86. The molecule has 104 valence electrons. The van der Waals surface area contributed by atoms with E-state index >= 15 is 0 Å². The van der Waals surface area contributed by atoms with Crippen molar-refractivity contribution in [2.24, 2.45) is 10.1 Å². The molecule has 2 N–H and O–H groups in total. The van der Waals surface area contributed by atoms with E-state index in [4.69, 9.17) is 16.7 Å². The van der Waals surface area contributed by atoms with Crippen LogP contribution in [0, 0.1) is 0 Å². The van der Waals surface area contributed by atoms with E-state index in [1.165, 1.54) is 0 Å². The van der Waals surface area contributed by atoms with Gasteiger partial charge in [0.05, 0.1) is 6.42 Å².